The first-order valence-electron chi connectivity index (χ1n) is 4.88. The van der Waals surface area contributed by atoms with E-state index in [1.165, 1.54) is 0 Å². The van der Waals surface area contributed by atoms with Crippen LogP contribution in [0, 0.1) is 0 Å². The second-order valence-electron chi connectivity index (χ2n) is 3.89. The molecule has 1 rings (SSSR count). The Bertz CT molecular complexity index is 486. The van der Waals surface area contributed by atoms with Gasteiger partial charge in [0.05, 0.1) is 16.2 Å². The molecule has 0 amide bonds. The van der Waals surface area contributed by atoms with Crippen molar-refractivity contribution in [2.45, 2.75) is 42.5 Å². The normalized spacial score (nSPS) is 27.1. The predicted octanol–water partition coefficient (Wildman–Crippen LogP) is 0.709. The molecular formula is C7H10F3O6S2-. The highest BCUT2D eigenvalue weighted by atomic mass is 32.2. The van der Waals surface area contributed by atoms with Crippen LogP contribution in [-0.4, -0.2) is 38.3 Å². The van der Waals surface area contributed by atoms with Crippen molar-refractivity contribution in [3.05, 3.63) is 0 Å². The molecular weight excluding hydrogens is 301 g/mol. The van der Waals surface area contributed by atoms with Crippen LogP contribution in [0.25, 0.3) is 0 Å². The Morgan fingerprint density at radius 2 is 1.44 bits per heavy atom. The molecule has 108 valence electrons. The van der Waals surface area contributed by atoms with Crippen LogP contribution in [-0.2, 0) is 24.4 Å². The number of rotatable bonds is 3. The van der Waals surface area contributed by atoms with Gasteiger partial charge >= 0.3 is 15.6 Å². The highest BCUT2D eigenvalue weighted by Crippen LogP contribution is 2.31. The van der Waals surface area contributed by atoms with E-state index in [0.717, 1.165) is 0 Å². The second-order valence-corrected chi connectivity index (χ2v) is 7.10. The third-order valence-corrected chi connectivity index (χ3v) is 4.96. The SMILES string of the molecule is O=S(=O)([O-])C1CCC(OS(=O)(=O)C(F)(F)F)CC1. The van der Waals surface area contributed by atoms with Crippen molar-refractivity contribution >= 4 is 20.2 Å². The Morgan fingerprint density at radius 3 is 1.78 bits per heavy atom. The monoisotopic (exact) mass is 311 g/mol. The molecule has 0 N–H and O–H groups in total. The van der Waals surface area contributed by atoms with E-state index in [2.05, 4.69) is 4.18 Å². The fraction of sp³-hybridized carbons (Fsp3) is 1.00. The minimum Gasteiger partial charge on any atom is -0.748 e. The molecule has 0 bridgehead atoms. The lowest BCUT2D eigenvalue weighted by Gasteiger charge is -2.29. The zero-order valence-corrected chi connectivity index (χ0v) is 10.5. The van der Waals surface area contributed by atoms with Gasteiger partial charge in [-0.15, -0.1) is 0 Å². The van der Waals surface area contributed by atoms with Crippen molar-refractivity contribution in [2.75, 3.05) is 0 Å². The van der Waals surface area contributed by atoms with Gasteiger partial charge in [0.15, 0.2) is 0 Å². The van der Waals surface area contributed by atoms with Crippen LogP contribution < -0.4 is 0 Å². The van der Waals surface area contributed by atoms with Crippen molar-refractivity contribution in [1.29, 1.82) is 0 Å². The summed E-state index contributed by atoms with van der Waals surface area (Å²) in [6.07, 6.45) is -2.09. The van der Waals surface area contributed by atoms with E-state index in [1.807, 2.05) is 0 Å². The van der Waals surface area contributed by atoms with E-state index in [4.69, 9.17) is 0 Å². The van der Waals surface area contributed by atoms with Crippen LogP contribution in [0.3, 0.4) is 0 Å². The van der Waals surface area contributed by atoms with Crippen LogP contribution in [0.4, 0.5) is 13.2 Å². The molecule has 1 fully saturated rings. The lowest BCUT2D eigenvalue weighted by Crippen LogP contribution is -2.35. The largest absolute Gasteiger partial charge is 0.748 e. The minimum atomic E-state index is -5.68. The van der Waals surface area contributed by atoms with Gasteiger partial charge in [-0.1, -0.05) is 0 Å². The maximum atomic E-state index is 12.0. The third-order valence-electron chi connectivity index (χ3n) is 2.58. The summed E-state index contributed by atoms with van der Waals surface area (Å²) in [7, 11) is -10.2. The smallest absolute Gasteiger partial charge is 0.523 e. The van der Waals surface area contributed by atoms with Gasteiger partial charge in [-0.05, 0) is 25.7 Å². The van der Waals surface area contributed by atoms with Crippen LogP contribution >= 0.6 is 0 Å². The van der Waals surface area contributed by atoms with Gasteiger partial charge in [-0.25, -0.2) is 8.42 Å². The molecule has 6 nitrogen and oxygen atoms in total. The highest BCUT2D eigenvalue weighted by molar-refractivity contribution is 7.87. The first kappa shape index (κ1) is 15.7. The van der Waals surface area contributed by atoms with Gasteiger partial charge in [0.25, 0.3) is 0 Å². The summed E-state index contributed by atoms with van der Waals surface area (Å²) in [6, 6.07) is 0. The predicted molar refractivity (Wildman–Crippen MR) is 51.8 cm³/mol. The van der Waals surface area contributed by atoms with Crippen molar-refractivity contribution in [2.24, 2.45) is 0 Å². The maximum absolute atomic E-state index is 12.0. The molecule has 0 atom stereocenters. The maximum Gasteiger partial charge on any atom is 0.523 e. The average molecular weight is 311 g/mol. The quantitative estimate of drug-likeness (QED) is 0.432. The standard InChI is InChI=1S/C7H11F3O6S2/c8-7(9,10)18(14,15)16-5-1-3-6(4-2-5)17(11,12)13/h5-6H,1-4H2,(H,11,12,13)/p-1. The summed E-state index contributed by atoms with van der Waals surface area (Å²) in [5.41, 5.74) is -5.51. The van der Waals surface area contributed by atoms with Gasteiger partial charge in [0, 0.05) is 5.25 Å². The van der Waals surface area contributed by atoms with E-state index < -0.39 is 37.1 Å². The van der Waals surface area contributed by atoms with Crippen LogP contribution in [0.15, 0.2) is 0 Å². The Hall–Kier alpha value is -0.390. The number of hydrogen-bond donors (Lipinski definition) is 0. The third kappa shape index (κ3) is 3.80. The summed E-state index contributed by atoms with van der Waals surface area (Å²) in [4.78, 5) is 0. The first-order valence-corrected chi connectivity index (χ1v) is 7.76. The van der Waals surface area contributed by atoms with Crippen LogP contribution in [0.1, 0.15) is 25.7 Å². The average Bonchev–Trinajstić information content (AvgIpc) is 2.14. The summed E-state index contributed by atoms with van der Waals surface area (Å²) in [5, 5.41) is -1.19. The molecule has 1 aliphatic carbocycles. The molecule has 0 spiro atoms. The van der Waals surface area contributed by atoms with E-state index in [9.17, 15) is 34.6 Å². The molecule has 0 aromatic carbocycles. The van der Waals surface area contributed by atoms with Gasteiger partial charge in [0.2, 0.25) is 0 Å². The summed E-state index contributed by atoms with van der Waals surface area (Å²) in [6.45, 7) is 0. The van der Waals surface area contributed by atoms with Gasteiger partial charge in [0.1, 0.15) is 0 Å². The van der Waals surface area contributed by atoms with E-state index in [1.54, 1.807) is 0 Å². The number of halogens is 3. The molecule has 0 radical (unpaired) electrons. The Kier molecular flexibility index (Phi) is 4.30. The van der Waals surface area contributed by atoms with E-state index in [0.29, 0.717) is 0 Å². The number of alkyl halides is 3. The van der Waals surface area contributed by atoms with Gasteiger partial charge in [-0.2, -0.15) is 21.6 Å². The zero-order valence-electron chi connectivity index (χ0n) is 8.88. The molecule has 0 aromatic rings. The molecule has 0 unspecified atom stereocenters. The summed E-state index contributed by atoms with van der Waals surface area (Å²) < 4.78 is 93.2. The molecule has 18 heavy (non-hydrogen) atoms. The highest BCUT2D eigenvalue weighted by Gasteiger charge is 2.48. The summed E-state index contributed by atoms with van der Waals surface area (Å²) >= 11 is 0. The lowest BCUT2D eigenvalue weighted by atomic mass is 9.97. The Balaban J connectivity index is 2.61. The van der Waals surface area contributed by atoms with Crippen molar-refractivity contribution < 1.29 is 38.7 Å². The van der Waals surface area contributed by atoms with Gasteiger partial charge < -0.3 is 4.55 Å². The van der Waals surface area contributed by atoms with Gasteiger partial charge in [-0.3, -0.25) is 4.18 Å². The molecule has 1 saturated carbocycles. The topological polar surface area (TPSA) is 101 Å². The molecule has 0 heterocycles. The summed E-state index contributed by atoms with van der Waals surface area (Å²) in [5.74, 6) is 0. The zero-order chi connectivity index (χ0) is 14.2. The van der Waals surface area contributed by atoms with Crippen molar-refractivity contribution in [3.8, 4) is 0 Å². The van der Waals surface area contributed by atoms with E-state index >= 15 is 0 Å². The van der Waals surface area contributed by atoms with E-state index in [-0.39, 0.29) is 25.7 Å². The fourth-order valence-electron chi connectivity index (χ4n) is 1.65. The molecule has 11 heteroatoms. The fourth-order valence-corrected chi connectivity index (χ4v) is 3.16. The van der Waals surface area contributed by atoms with Crippen LogP contribution in [0.2, 0.25) is 0 Å². The Morgan fingerprint density at radius 1 is 1.00 bits per heavy atom. The Labute approximate surface area is 102 Å². The lowest BCUT2D eigenvalue weighted by molar-refractivity contribution is -0.0584. The van der Waals surface area contributed by atoms with Crippen molar-refractivity contribution in [1.82, 2.24) is 0 Å². The molecule has 0 aliphatic heterocycles. The molecule has 0 saturated heterocycles. The minimum absolute atomic E-state index is 0.204. The van der Waals surface area contributed by atoms with Crippen molar-refractivity contribution in [3.63, 3.8) is 0 Å². The molecule has 1 aliphatic rings. The number of hydrogen-bond acceptors (Lipinski definition) is 6. The second kappa shape index (κ2) is 4.94. The van der Waals surface area contributed by atoms with Crippen LogP contribution in [0.5, 0.6) is 0 Å². The molecule has 0 aromatic heterocycles. The first-order chi connectivity index (χ1) is 7.93.